The smallest absolute Gasteiger partial charge is 0.242 e. The predicted molar refractivity (Wildman–Crippen MR) is 88.2 cm³/mol. The molecule has 1 aliphatic carbocycles. The number of sulfonamides is 1. The SMILES string of the molecule is CCC(COC)NS(=O)(=O)c1cc(CNC2CC2)sc1Br. The Balaban J connectivity index is 2.07. The summed E-state index contributed by atoms with van der Waals surface area (Å²) in [5.74, 6) is 0. The first-order chi connectivity index (χ1) is 9.96. The lowest BCUT2D eigenvalue weighted by atomic mass is 10.3. The second-order valence-electron chi connectivity index (χ2n) is 5.19. The maximum atomic E-state index is 12.5. The molecule has 1 saturated carbocycles. The zero-order chi connectivity index (χ0) is 15.5. The summed E-state index contributed by atoms with van der Waals surface area (Å²) in [6.45, 7) is 3.02. The Hall–Kier alpha value is 0.01000. The van der Waals surface area contributed by atoms with Crippen molar-refractivity contribution < 1.29 is 13.2 Å². The van der Waals surface area contributed by atoms with Crippen LogP contribution in [0.25, 0.3) is 0 Å². The number of halogens is 1. The second kappa shape index (κ2) is 7.52. The number of rotatable bonds is 9. The lowest BCUT2D eigenvalue weighted by Gasteiger charge is -2.15. The molecule has 2 N–H and O–H groups in total. The van der Waals surface area contributed by atoms with Crippen LogP contribution in [0.5, 0.6) is 0 Å². The van der Waals surface area contributed by atoms with E-state index in [0.717, 1.165) is 11.4 Å². The molecule has 0 radical (unpaired) electrons. The summed E-state index contributed by atoms with van der Waals surface area (Å²) in [5, 5.41) is 3.39. The van der Waals surface area contributed by atoms with E-state index in [1.54, 1.807) is 13.2 Å². The van der Waals surface area contributed by atoms with Gasteiger partial charge in [0, 0.05) is 30.6 Å². The summed E-state index contributed by atoms with van der Waals surface area (Å²) >= 11 is 4.83. The van der Waals surface area contributed by atoms with E-state index in [2.05, 4.69) is 26.0 Å². The van der Waals surface area contributed by atoms with Crippen LogP contribution in [0.3, 0.4) is 0 Å². The topological polar surface area (TPSA) is 67.4 Å². The fraction of sp³-hybridized carbons (Fsp3) is 0.692. The Morgan fingerprint density at radius 2 is 2.24 bits per heavy atom. The largest absolute Gasteiger partial charge is 0.383 e. The van der Waals surface area contributed by atoms with Gasteiger partial charge in [0.15, 0.2) is 0 Å². The van der Waals surface area contributed by atoms with Gasteiger partial charge in [0.1, 0.15) is 4.90 Å². The van der Waals surface area contributed by atoms with E-state index in [0.29, 0.717) is 27.8 Å². The molecule has 1 aliphatic rings. The molecule has 1 fully saturated rings. The van der Waals surface area contributed by atoms with E-state index < -0.39 is 10.0 Å². The number of hydrogen-bond acceptors (Lipinski definition) is 5. The fourth-order valence-electron chi connectivity index (χ4n) is 1.92. The molecule has 21 heavy (non-hydrogen) atoms. The quantitative estimate of drug-likeness (QED) is 0.672. The van der Waals surface area contributed by atoms with Crippen LogP contribution in [-0.4, -0.2) is 34.2 Å². The Kier molecular flexibility index (Phi) is 6.22. The molecule has 1 unspecified atom stereocenters. The third-order valence-electron chi connectivity index (χ3n) is 3.32. The molecule has 1 aromatic heterocycles. The third kappa shape index (κ3) is 5.01. The predicted octanol–water partition coefficient (Wildman–Crippen LogP) is 2.47. The van der Waals surface area contributed by atoms with Gasteiger partial charge in [0.05, 0.1) is 10.4 Å². The minimum absolute atomic E-state index is 0.208. The van der Waals surface area contributed by atoms with E-state index in [1.807, 2.05) is 6.92 Å². The van der Waals surface area contributed by atoms with Gasteiger partial charge in [0.2, 0.25) is 10.0 Å². The zero-order valence-corrected chi connectivity index (χ0v) is 15.4. The van der Waals surface area contributed by atoms with Gasteiger partial charge in [-0.05, 0) is 41.3 Å². The Bertz CT molecular complexity index is 570. The first-order valence-corrected chi connectivity index (χ1v) is 10.1. The fourth-order valence-corrected chi connectivity index (χ4v) is 5.86. The highest BCUT2D eigenvalue weighted by molar-refractivity contribution is 9.11. The average molecular weight is 397 g/mol. The van der Waals surface area contributed by atoms with Crippen molar-refractivity contribution in [3.63, 3.8) is 0 Å². The van der Waals surface area contributed by atoms with E-state index in [1.165, 1.54) is 24.2 Å². The molecule has 1 atom stereocenters. The van der Waals surface area contributed by atoms with Crippen molar-refractivity contribution in [2.24, 2.45) is 0 Å². The maximum Gasteiger partial charge on any atom is 0.242 e. The molecule has 1 heterocycles. The van der Waals surface area contributed by atoms with Gasteiger partial charge in [-0.1, -0.05) is 6.92 Å². The monoisotopic (exact) mass is 396 g/mol. The maximum absolute atomic E-state index is 12.5. The van der Waals surface area contributed by atoms with Crippen LogP contribution >= 0.6 is 27.3 Å². The van der Waals surface area contributed by atoms with E-state index in [4.69, 9.17) is 4.74 Å². The van der Waals surface area contributed by atoms with Crippen molar-refractivity contribution >= 4 is 37.3 Å². The molecule has 2 rings (SSSR count). The van der Waals surface area contributed by atoms with Gasteiger partial charge in [-0.3, -0.25) is 0 Å². The molecule has 0 spiro atoms. The van der Waals surface area contributed by atoms with Gasteiger partial charge in [-0.25, -0.2) is 13.1 Å². The van der Waals surface area contributed by atoms with Gasteiger partial charge >= 0.3 is 0 Å². The average Bonchev–Trinajstić information content (AvgIpc) is 3.18. The number of ether oxygens (including phenoxy) is 1. The summed E-state index contributed by atoms with van der Waals surface area (Å²) in [7, 11) is -1.95. The van der Waals surface area contributed by atoms with E-state index in [9.17, 15) is 8.42 Å². The van der Waals surface area contributed by atoms with Crippen LogP contribution < -0.4 is 10.0 Å². The Morgan fingerprint density at radius 1 is 1.52 bits per heavy atom. The summed E-state index contributed by atoms with van der Waals surface area (Å²) in [4.78, 5) is 1.34. The van der Waals surface area contributed by atoms with Gasteiger partial charge in [-0.15, -0.1) is 11.3 Å². The van der Waals surface area contributed by atoms with Crippen LogP contribution in [0.4, 0.5) is 0 Å². The molecular formula is C13H21BrN2O3S2. The molecule has 8 heteroatoms. The van der Waals surface area contributed by atoms with Crippen LogP contribution in [-0.2, 0) is 21.3 Å². The van der Waals surface area contributed by atoms with Gasteiger partial charge in [0.25, 0.3) is 0 Å². The van der Waals surface area contributed by atoms with Crippen molar-refractivity contribution in [3.05, 3.63) is 14.7 Å². The molecule has 0 amide bonds. The number of thiophene rings is 1. The third-order valence-corrected chi connectivity index (χ3v) is 7.09. The normalized spacial score (nSPS) is 17.1. The summed E-state index contributed by atoms with van der Waals surface area (Å²) in [6.07, 6.45) is 3.12. The summed E-state index contributed by atoms with van der Waals surface area (Å²) in [6, 6.07) is 2.14. The molecule has 0 bridgehead atoms. The molecule has 1 aromatic rings. The van der Waals surface area contributed by atoms with Crippen LogP contribution in [0.2, 0.25) is 0 Å². The Morgan fingerprint density at radius 3 is 2.81 bits per heavy atom. The highest BCUT2D eigenvalue weighted by Crippen LogP contribution is 2.32. The van der Waals surface area contributed by atoms with Crippen molar-refractivity contribution in [2.45, 2.75) is 49.7 Å². The highest BCUT2D eigenvalue weighted by atomic mass is 79.9. The van der Waals surface area contributed by atoms with Crippen molar-refractivity contribution in [1.29, 1.82) is 0 Å². The molecule has 0 aromatic carbocycles. The molecule has 5 nitrogen and oxygen atoms in total. The molecule has 0 aliphatic heterocycles. The minimum Gasteiger partial charge on any atom is -0.383 e. The lowest BCUT2D eigenvalue weighted by Crippen LogP contribution is -2.37. The van der Waals surface area contributed by atoms with Gasteiger partial charge < -0.3 is 10.1 Å². The first-order valence-electron chi connectivity index (χ1n) is 6.99. The summed E-state index contributed by atoms with van der Waals surface area (Å²) in [5.41, 5.74) is 0. The molecule has 0 saturated heterocycles. The Labute approximate surface area is 138 Å². The van der Waals surface area contributed by atoms with Crippen molar-refractivity contribution in [2.75, 3.05) is 13.7 Å². The number of methoxy groups -OCH3 is 1. The molecular weight excluding hydrogens is 376 g/mol. The number of nitrogens with one attached hydrogen (secondary N) is 2. The zero-order valence-electron chi connectivity index (χ0n) is 12.2. The standard InChI is InChI=1S/C13H21BrN2O3S2/c1-3-9(8-19-2)16-21(17,18)12-6-11(20-13(12)14)7-15-10-4-5-10/h6,9-10,15-16H,3-5,7-8H2,1-2H3. The lowest BCUT2D eigenvalue weighted by molar-refractivity contribution is 0.173. The first kappa shape index (κ1) is 17.4. The van der Waals surface area contributed by atoms with E-state index >= 15 is 0 Å². The van der Waals surface area contributed by atoms with Crippen LogP contribution in [0, 0.1) is 0 Å². The highest BCUT2D eigenvalue weighted by Gasteiger charge is 2.25. The summed E-state index contributed by atoms with van der Waals surface area (Å²) < 4.78 is 33.3. The van der Waals surface area contributed by atoms with Crippen molar-refractivity contribution in [3.8, 4) is 0 Å². The van der Waals surface area contributed by atoms with E-state index in [-0.39, 0.29) is 6.04 Å². The van der Waals surface area contributed by atoms with Crippen LogP contribution in [0.1, 0.15) is 31.1 Å². The number of hydrogen-bond donors (Lipinski definition) is 2. The second-order valence-corrected chi connectivity index (χ2v) is 9.32. The molecule has 120 valence electrons. The van der Waals surface area contributed by atoms with Gasteiger partial charge in [-0.2, -0.15) is 0 Å². The van der Waals surface area contributed by atoms with Crippen LogP contribution in [0.15, 0.2) is 14.7 Å². The van der Waals surface area contributed by atoms with Crippen molar-refractivity contribution in [1.82, 2.24) is 10.0 Å². The minimum atomic E-state index is -3.52.